The van der Waals surface area contributed by atoms with Crippen molar-refractivity contribution >= 4 is 52.4 Å². The number of anilines is 5. The van der Waals surface area contributed by atoms with Gasteiger partial charge in [-0.2, -0.15) is 4.98 Å². The van der Waals surface area contributed by atoms with Crippen molar-refractivity contribution < 1.29 is 9.59 Å². The fourth-order valence-electron chi connectivity index (χ4n) is 4.94. The summed E-state index contributed by atoms with van der Waals surface area (Å²) in [6.07, 6.45) is 5.22. The van der Waals surface area contributed by atoms with Crippen LogP contribution in [0.15, 0.2) is 48.7 Å². The van der Waals surface area contributed by atoms with E-state index in [1.54, 1.807) is 25.2 Å². The highest BCUT2D eigenvalue weighted by Crippen LogP contribution is 2.30. The third-order valence-corrected chi connectivity index (χ3v) is 7.27. The quantitative estimate of drug-likeness (QED) is 0.414. The van der Waals surface area contributed by atoms with Crippen LogP contribution in [0.3, 0.4) is 0 Å². The van der Waals surface area contributed by atoms with Crippen LogP contribution in [0, 0.1) is 5.92 Å². The van der Waals surface area contributed by atoms with Crippen LogP contribution in [-0.4, -0.2) is 58.9 Å². The number of benzene rings is 2. The van der Waals surface area contributed by atoms with Crippen LogP contribution in [0.4, 0.5) is 33.6 Å². The Balaban J connectivity index is 1.32. The predicted octanol–water partition coefficient (Wildman–Crippen LogP) is 5.44. The summed E-state index contributed by atoms with van der Waals surface area (Å²) in [5, 5.41) is 10.1. The Morgan fingerprint density at radius 3 is 2.66 bits per heavy atom. The van der Waals surface area contributed by atoms with Crippen LogP contribution >= 0.6 is 11.6 Å². The summed E-state index contributed by atoms with van der Waals surface area (Å²) in [6.45, 7) is 1.36. The van der Waals surface area contributed by atoms with Crippen molar-refractivity contribution in [1.82, 2.24) is 19.8 Å². The number of hydrogen-bond acceptors (Lipinski definition) is 6. The zero-order valence-electron chi connectivity index (χ0n) is 21.6. The molecule has 2 aliphatic heterocycles. The standard InChI is InChI=1S/C28H32ClN7O2/c1-35(2)28(38)36-12-10-19(11-13-36)15-25(37)33-24-9-8-22-16-20(24)7-6-18-4-3-5-21(14-18)32-27-30-17-23(29)26(31-22)34-27/h3-5,8-9,14,16-17,19H,6-7,10-13,15H2,1-2H3,(H,33,37)(H2,30,31,32,34). The first kappa shape index (κ1) is 25.8. The second kappa shape index (κ2) is 11.3. The molecule has 0 aliphatic carbocycles. The minimum atomic E-state index is -0.00283. The molecule has 3 N–H and O–H groups in total. The van der Waals surface area contributed by atoms with Crippen molar-refractivity contribution in [2.24, 2.45) is 5.92 Å². The summed E-state index contributed by atoms with van der Waals surface area (Å²) in [5.74, 6) is 1.21. The average Bonchev–Trinajstić information content (AvgIpc) is 2.91. The lowest BCUT2D eigenvalue weighted by Crippen LogP contribution is -2.44. The summed E-state index contributed by atoms with van der Waals surface area (Å²) >= 11 is 6.37. The van der Waals surface area contributed by atoms with Crippen molar-refractivity contribution in [3.8, 4) is 0 Å². The number of rotatable bonds is 3. The highest BCUT2D eigenvalue weighted by molar-refractivity contribution is 6.32. The van der Waals surface area contributed by atoms with Gasteiger partial charge in [0.1, 0.15) is 5.02 Å². The van der Waals surface area contributed by atoms with Crippen LogP contribution in [0.1, 0.15) is 30.4 Å². The first-order valence-corrected chi connectivity index (χ1v) is 13.3. The number of urea groups is 1. The van der Waals surface area contributed by atoms with Crippen molar-refractivity contribution in [2.45, 2.75) is 32.1 Å². The topological polar surface area (TPSA) is 102 Å². The van der Waals surface area contributed by atoms with E-state index in [0.29, 0.717) is 36.3 Å². The molecular formula is C28H32ClN7O2. The molecule has 3 aromatic rings. The van der Waals surface area contributed by atoms with Gasteiger partial charge in [0.05, 0.1) is 6.20 Å². The molecule has 0 radical (unpaired) electrons. The summed E-state index contributed by atoms with van der Waals surface area (Å²) < 4.78 is 0. The summed E-state index contributed by atoms with van der Waals surface area (Å²) in [6, 6.07) is 14.1. The molecule has 1 saturated heterocycles. The molecule has 10 heteroatoms. The number of aromatic nitrogens is 2. The van der Waals surface area contributed by atoms with E-state index in [0.717, 1.165) is 53.9 Å². The van der Waals surface area contributed by atoms with Gasteiger partial charge in [0.2, 0.25) is 11.9 Å². The minimum absolute atomic E-state index is 0.00283. The normalized spacial score (nSPS) is 15.2. The Labute approximate surface area is 227 Å². The third-order valence-electron chi connectivity index (χ3n) is 6.99. The predicted molar refractivity (Wildman–Crippen MR) is 151 cm³/mol. The summed E-state index contributed by atoms with van der Waals surface area (Å²) in [5.41, 5.74) is 4.72. The number of carbonyl (C=O) groups excluding carboxylic acids is 2. The van der Waals surface area contributed by atoms with Crippen LogP contribution < -0.4 is 16.0 Å². The molecular weight excluding hydrogens is 502 g/mol. The van der Waals surface area contributed by atoms with Crippen molar-refractivity contribution in [1.29, 1.82) is 0 Å². The number of nitrogens with one attached hydrogen (secondary N) is 3. The number of amides is 3. The van der Waals surface area contributed by atoms with E-state index in [2.05, 4.69) is 38.1 Å². The third kappa shape index (κ3) is 6.16. The van der Waals surface area contributed by atoms with E-state index in [1.165, 1.54) is 0 Å². The molecule has 9 nitrogen and oxygen atoms in total. The minimum Gasteiger partial charge on any atom is -0.339 e. The maximum Gasteiger partial charge on any atom is 0.319 e. The Kier molecular flexibility index (Phi) is 7.64. The number of hydrogen-bond donors (Lipinski definition) is 3. The van der Waals surface area contributed by atoms with Gasteiger partial charge in [0.25, 0.3) is 0 Å². The highest BCUT2D eigenvalue weighted by atomic mass is 35.5. The maximum atomic E-state index is 13.0. The van der Waals surface area contributed by atoms with Crippen molar-refractivity contribution in [3.63, 3.8) is 0 Å². The molecule has 0 unspecified atom stereocenters. The Morgan fingerprint density at radius 2 is 1.87 bits per heavy atom. The van der Waals surface area contributed by atoms with Gasteiger partial charge in [-0.05, 0) is 73.1 Å². The van der Waals surface area contributed by atoms with Gasteiger partial charge >= 0.3 is 6.03 Å². The summed E-state index contributed by atoms with van der Waals surface area (Å²) in [4.78, 5) is 37.5. The smallest absolute Gasteiger partial charge is 0.319 e. The molecule has 2 aromatic carbocycles. The van der Waals surface area contributed by atoms with Gasteiger partial charge in [0, 0.05) is 50.7 Å². The Morgan fingerprint density at radius 1 is 1.08 bits per heavy atom. The van der Waals surface area contributed by atoms with E-state index < -0.39 is 0 Å². The number of nitrogens with zero attached hydrogens (tertiary/aromatic N) is 4. The second-order valence-electron chi connectivity index (χ2n) is 10.1. The maximum absolute atomic E-state index is 13.0. The lowest BCUT2D eigenvalue weighted by molar-refractivity contribution is -0.117. The fourth-order valence-corrected chi connectivity index (χ4v) is 5.08. The SMILES string of the molecule is CN(C)C(=O)N1CCC(CC(=O)Nc2ccc3cc2CCc2cccc(c2)Nc2ncc(Cl)c(n2)N3)CC1. The molecule has 198 valence electrons. The largest absolute Gasteiger partial charge is 0.339 e. The first-order chi connectivity index (χ1) is 18.3. The zero-order chi connectivity index (χ0) is 26.6. The fraction of sp³-hybridized carbons (Fsp3) is 0.357. The molecule has 1 fully saturated rings. The molecule has 0 atom stereocenters. The lowest BCUT2D eigenvalue weighted by Gasteiger charge is -2.33. The molecule has 0 saturated carbocycles. The van der Waals surface area contributed by atoms with Crippen LogP contribution in [0.5, 0.6) is 0 Å². The lowest BCUT2D eigenvalue weighted by atomic mass is 9.93. The molecule has 0 spiro atoms. The molecule has 5 rings (SSSR count). The van der Waals surface area contributed by atoms with Gasteiger partial charge in [-0.15, -0.1) is 0 Å². The van der Waals surface area contributed by atoms with Crippen LogP contribution in [0.2, 0.25) is 5.02 Å². The average molecular weight is 534 g/mol. The van der Waals surface area contributed by atoms with Crippen molar-refractivity contribution in [3.05, 3.63) is 64.8 Å². The number of piperidine rings is 1. The number of carbonyl (C=O) groups is 2. The van der Waals surface area contributed by atoms with E-state index in [-0.39, 0.29) is 17.9 Å². The van der Waals surface area contributed by atoms with E-state index >= 15 is 0 Å². The number of halogens is 1. The van der Waals surface area contributed by atoms with E-state index in [4.69, 9.17) is 11.6 Å². The second-order valence-corrected chi connectivity index (χ2v) is 10.5. The number of aryl methyl sites for hydroxylation is 2. The number of fused-ring (bicyclic) bond motifs is 6. The van der Waals surface area contributed by atoms with E-state index in [9.17, 15) is 9.59 Å². The molecule has 38 heavy (non-hydrogen) atoms. The zero-order valence-corrected chi connectivity index (χ0v) is 22.4. The molecule has 2 aliphatic rings. The van der Waals surface area contributed by atoms with Gasteiger partial charge in [-0.3, -0.25) is 4.79 Å². The van der Waals surface area contributed by atoms with Crippen molar-refractivity contribution in [2.75, 3.05) is 43.1 Å². The highest BCUT2D eigenvalue weighted by Gasteiger charge is 2.25. The Bertz CT molecular complexity index is 1340. The number of likely N-dealkylation sites (tertiary alicyclic amines) is 1. The summed E-state index contributed by atoms with van der Waals surface area (Å²) in [7, 11) is 3.53. The molecule has 1 aromatic heterocycles. The molecule has 3 heterocycles. The van der Waals surface area contributed by atoms with E-state index in [1.807, 2.05) is 35.2 Å². The van der Waals surface area contributed by atoms with Gasteiger partial charge in [0.15, 0.2) is 5.82 Å². The molecule has 3 amide bonds. The van der Waals surface area contributed by atoms with Crippen LogP contribution in [0.25, 0.3) is 0 Å². The Hall–Kier alpha value is -3.85. The van der Waals surface area contributed by atoms with Gasteiger partial charge in [-0.25, -0.2) is 9.78 Å². The van der Waals surface area contributed by atoms with Crippen LogP contribution in [-0.2, 0) is 17.6 Å². The van der Waals surface area contributed by atoms with Gasteiger partial charge in [-0.1, -0.05) is 23.7 Å². The van der Waals surface area contributed by atoms with Gasteiger partial charge < -0.3 is 25.8 Å². The molecule has 6 bridgehead atoms. The first-order valence-electron chi connectivity index (χ1n) is 12.9. The monoisotopic (exact) mass is 533 g/mol.